The van der Waals surface area contributed by atoms with Gasteiger partial charge in [-0.1, -0.05) is 0 Å². The van der Waals surface area contributed by atoms with Gasteiger partial charge in [0.15, 0.2) is 5.65 Å². The lowest BCUT2D eigenvalue weighted by Crippen LogP contribution is -2.26. The molecular weight excluding hydrogens is 306 g/mol. The molecule has 6 nitrogen and oxygen atoms in total. The standard InChI is InChI=1S/C18H19N3O3/c1-18(2,17(22)23)10-13-14(11-4-6-12(24-3)7-5-11)21-16-15(13)19-8-9-20-16/h4-9H,10H2,1-3H3,(H,20,21)(H,22,23). The summed E-state index contributed by atoms with van der Waals surface area (Å²) >= 11 is 0. The molecule has 0 aliphatic rings. The van der Waals surface area contributed by atoms with Crippen molar-refractivity contribution in [3.63, 3.8) is 0 Å². The molecule has 0 atom stereocenters. The quantitative estimate of drug-likeness (QED) is 0.751. The highest BCUT2D eigenvalue weighted by molar-refractivity contribution is 5.86. The van der Waals surface area contributed by atoms with Crippen molar-refractivity contribution in [1.82, 2.24) is 15.0 Å². The molecule has 2 aromatic heterocycles. The molecule has 1 aromatic carbocycles. The van der Waals surface area contributed by atoms with Crippen LogP contribution in [0.4, 0.5) is 0 Å². The van der Waals surface area contributed by atoms with Crippen molar-refractivity contribution in [2.45, 2.75) is 20.3 Å². The SMILES string of the molecule is COc1ccc(-c2[nH]c3nccnc3c2CC(C)(C)C(=O)O)cc1. The van der Waals surface area contributed by atoms with E-state index in [0.29, 0.717) is 17.6 Å². The second kappa shape index (κ2) is 5.96. The molecule has 0 fully saturated rings. The zero-order chi connectivity index (χ0) is 17.3. The third kappa shape index (κ3) is 2.82. The first kappa shape index (κ1) is 16.0. The van der Waals surface area contributed by atoms with E-state index < -0.39 is 11.4 Å². The lowest BCUT2D eigenvalue weighted by molar-refractivity contribution is -0.146. The molecule has 3 aromatic rings. The van der Waals surface area contributed by atoms with Crippen LogP contribution in [0.15, 0.2) is 36.7 Å². The number of fused-ring (bicyclic) bond motifs is 1. The van der Waals surface area contributed by atoms with E-state index in [4.69, 9.17) is 4.74 Å². The lowest BCUT2D eigenvalue weighted by Gasteiger charge is -2.19. The van der Waals surface area contributed by atoms with Crippen molar-refractivity contribution in [1.29, 1.82) is 0 Å². The second-order valence-corrected chi connectivity index (χ2v) is 6.33. The normalized spacial score (nSPS) is 11.6. The van der Waals surface area contributed by atoms with E-state index in [2.05, 4.69) is 15.0 Å². The number of methoxy groups -OCH3 is 1. The molecule has 2 N–H and O–H groups in total. The second-order valence-electron chi connectivity index (χ2n) is 6.33. The Labute approximate surface area is 139 Å². The minimum atomic E-state index is -0.909. The number of aromatic nitrogens is 3. The highest BCUT2D eigenvalue weighted by Crippen LogP contribution is 2.34. The van der Waals surface area contributed by atoms with Gasteiger partial charge in [0.1, 0.15) is 11.3 Å². The van der Waals surface area contributed by atoms with Gasteiger partial charge in [0.2, 0.25) is 0 Å². The van der Waals surface area contributed by atoms with Crippen molar-refractivity contribution < 1.29 is 14.6 Å². The smallest absolute Gasteiger partial charge is 0.309 e. The van der Waals surface area contributed by atoms with E-state index in [1.807, 2.05) is 24.3 Å². The molecule has 0 aliphatic heterocycles. The van der Waals surface area contributed by atoms with Crippen LogP contribution in [0.1, 0.15) is 19.4 Å². The number of nitrogens with zero attached hydrogens (tertiary/aromatic N) is 2. The maximum absolute atomic E-state index is 11.6. The Morgan fingerprint density at radius 3 is 2.50 bits per heavy atom. The number of H-pyrrole nitrogens is 1. The van der Waals surface area contributed by atoms with Crippen LogP contribution in [0.5, 0.6) is 5.75 Å². The van der Waals surface area contributed by atoms with Crippen LogP contribution in [0.25, 0.3) is 22.4 Å². The summed E-state index contributed by atoms with van der Waals surface area (Å²) in [5, 5.41) is 9.48. The van der Waals surface area contributed by atoms with Crippen molar-refractivity contribution in [2.24, 2.45) is 5.41 Å². The number of rotatable bonds is 5. The molecular formula is C18H19N3O3. The van der Waals surface area contributed by atoms with Gasteiger partial charge < -0.3 is 14.8 Å². The van der Waals surface area contributed by atoms with Crippen LogP contribution in [0, 0.1) is 5.41 Å². The molecule has 0 saturated heterocycles. The van der Waals surface area contributed by atoms with E-state index in [0.717, 1.165) is 22.6 Å². The molecule has 0 bridgehead atoms. The summed E-state index contributed by atoms with van der Waals surface area (Å²) in [7, 11) is 1.62. The van der Waals surface area contributed by atoms with E-state index in [-0.39, 0.29) is 0 Å². The summed E-state index contributed by atoms with van der Waals surface area (Å²) in [6.07, 6.45) is 3.58. The topological polar surface area (TPSA) is 88.1 Å². The number of aromatic amines is 1. The van der Waals surface area contributed by atoms with Gasteiger partial charge in [-0.15, -0.1) is 0 Å². The largest absolute Gasteiger partial charge is 0.497 e. The van der Waals surface area contributed by atoms with Crippen LogP contribution in [0.3, 0.4) is 0 Å². The monoisotopic (exact) mass is 325 g/mol. The number of nitrogens with one attached hydrogen (secondary N) is 1. The Bertz CT molecular complexity index is 882. The fourth-order valence-corrected chi connectivity index (χ4v) is 2.66. The predicted octanol–water partition coefficient (Wildman–Crippen LogP) is 3.29. The Hall–Kier alpha value is -2.89. The molecule has 0 unspecified atom stereocenters. The molecule has 124 valence electrons. The molecule has 0 aliphatic carbocycles. The number of carboxylic acid groups (broad SMARTS) is 1. The van der Waals surface area contributed by atoms with Crippen molar-refractivity contribution >= 4 is 17.1 Å². The van der Waals surface area contributed by atoms with E-state index in [1.165, 1.54) is 0 Å². The third-order valence-electron chi connectivity index (χ3n) is 4.11. The molecule has 6 heteroatoms. The van der Waals surface area contributed by atoms with Crippen molar-refractivity contribution in [2.75, 3.05) is 7.11 Å². The minimum absolute atomic E-state index is 0.350. The van der Waals surface area contributed by atoms with Crippen LogP contribution < -0.4 is 4.74 Å². The molecule has 0 amide bonds. The number of benzene rings is 1. The maximum Gasteiger partial charge on any atom is 0.309 e. The Balaban J connectivity index is 2.16. The summed E-state index contributed by atoms with van der Waals surface area (Å²) in [5.41, 5.74) is 3.08. The van der Waals surface area contributed by atoms with Gasteiger partial charge in [0.25, 0.3) is 0 Å². The van der Waals surface area contributed by atoms with E-state index >= 15 is 0 Å². The fraction of sp³-hybridized carbons (Fsp3) is 0.278. The first-order valence-corrected chi connectivity index (χ1v) is 7.62. The minimum Gasteiger partial charge on any atom is -0.497 e. The zero-order valence-electron chi connectivity index (χ0n) is 13.8. The molecule has 0 saturated carbocycles. The Kier molecular flexibility index (Phi) is 3.97. The molecule has 2 heterocycles. The van der Waals surface area contributed by atoms with Crippen LogP contribution in [-0.4, -0.2) is 33.1 Å². The number of ether oxygens (including phenoxy) is 1. The van der Waals surface area contributed by atoms with Crippen molar-refractivity contribution in [3.8, 4) is 17.0 Å². The highest BCUT2D eigenvalue weighted by Gasteiger charge is 2.30. The molecule has 0 radical (unpaired) electrons. The number of hydrogen-bond donors (Lipinski definition) is 2. The van der Waals surface area contributed by atoms with E-state index in [1.54, 1.807) is 33.4 Å². The van der Waals surface area contributed by atoms with E-state index in [9.17, 15) is 9.90 Å². The average Bonchev–Trinajstić information content (AvgIpc) is 2.93. The molecule has 3 rings (SSSR count). The van der Waals surface area contributed by atoms with Gasteiger partial charge in [0.05, 0.1) is 18.2 Å². The third-order valence-corrected chi connectivity index (χ3v) is 4.11. The lowest BCUT2D eigenvalue weighted by atomic mass is 9.85. The maximum atomic E-state index is 11.6. The summed E-state index contributed by atoms with van der Waals surface area (Å²) in [6.45, 7) is 3.42. The summed E-state index contributed by atoms with van der Waals surface area (Å²) in [5.74, 6) is -0.0834. The van der Waals surface area contributed by atoms with Gasteiger partial charge in [-0.2, -0.15) is 0 Å². The van der Waals surface area contributed by atoms with Gasteiger partial charge in [0, 0.05) is 18.0 Å². The van der Waals surface area contributed by atoms with Crippen LogP contribution >= 0.6 is 0 Å². The fourth-order valence-electron chi connectivity index (χ4n) is 2.66. The van der Waals surface area contributed by atoms with Gasteiger partial charge >= 0.3 is 5.97 Å². The number of aliphatic carboxylic acids is 1. The van der Waals surface area contributed by atoms with Gasteiger partial charge in [-0.3, -0.25) is 9.78 Å². The zero-order valence-corrected chi connectivity index (χ0v) is 13.8. The first-order chi connectivity index (χ1) is 11.4. The first-order valence-electron chi connectivity index (χ1n) is 7.62. The van der Waals surface area contributed by atoms with Crippen LogP contribution in [-0.2, 0) is 11.2 Å². The summed E-state index contributed by atoms with van der Waals surface area (Å²) in [6, 6.07) is 7.60. The average molecular weight is 325 g/mol. The van der Waals surface area contributed by atoms with Gasteiger partial charge in [-0.05, 0) is 50.1 Å². The van der Waals surface area contributed by atoms with Crippen LogP contribution in [0.2, 0.25) is 0 Å². The Morgan fingerprint density at radius 1 is 1.21 bits per heavy atom. The van der Waals surface area contributed by atoms with Crippen molar-refractivity contribution in [3.05, 3.63) is 42.2 Å². The number of carbonyl (C=O) groups is 1. The summed E-state index contributed by atoms with van der Waals surface area (Å²) in [4.78, 5) is 23.5. The predicted molar refractivity (Wildman–Crippen MR) is 91.0 cm³/mol. The molecule has 24 heavy (non-hydrogen) atoms. The number of hydrogen-bond acceptors (Lipinski definition) is 4. The van der Waals surface area contributed by atoms with Gasteiger partial charge in [-0.25, -0.2) is 4.98 Å². The number of carboxylic acids is 1. The molecule has 0 spiro atoms. The summed E-state index contributed by atoms with van der Waals surface area (Å²) < 4.78 is 5.19. The Morgan fingerprint density at radius 2 is 1.88 bits per heavy atom. The highest BCUT2D eigenvalue weighted by atomic mass is 16.5.